The molecule has 1 aliphatic carbocycles. The lowest BCUT2D eigenvalue weighted by Gasteiger charge is -2.26. The molecule has 0 unspecified atom stereocenters. The van der Waals surface area contributed by atoms with Gasteiger partial charge in [0.15, 0.2) is 0 Å². The second-order valence-electron chi connectivity index (χ2n) is 6.47. The first-order valence-electron chi connectivity index (χ1n) is 8.63. The number of hydrogen-bond acceptors (Lipinski definition) is 3. The van der Waals surface area contributed by atoms with Crippen LogP contribution in [0.3, 0.4) is 0 Å². The van der Waals surface area contributed by atoms with Crippen molar-refractivity contribution >= 4 is 23.6 Å². The van der Waals surface area contributed by atoms with Gasteiger partial charge in [-0.3, -0.25) is 9.59 Å². The molecule has 2 N–H and O–H groups in total. The van der Waals surface area contributed by atoms with Gasteiger partial charge in [-0.25, -0.2) is 4.39 Å². The Morgan fingerprint density at radius 1 is 1.17 bits per heavy atom. The average molecular weight is 350 g/mol. The fourth-order valence-corrected chi connectivity index (χ4v) is 4.60. The van der Waals surface area contributed by atoms with E-state index < -0.39 is 0 Å². The van der Waals surface area contributed by atoms with Gasteiger partial charge in [0.25, 0.3) is 0 Å². The summed E-state index contributed by atoms with van der Waals surface area (Å²) in [5, 5.41) is 5.67. The van der Waals surface area contributed by atoms with Crippen molar-refractivity contribution in [1.29, 1.82) is 0 Å². The van der Waals surface area contributed by atoms with E-state index in [1.54, 1.807) is 6.07 Å². The first-order valence-corrected chi connectivity index (χ1v) is 9.62. The lowest BCUT2D eigenvalue weighted by Crippen LogP contribution is -2.41. The number of fused-ring (bicyclic) bond motifs is 1. The summed E-state index contributed by atoms with van der Waals surface area (Å²) in [7, 11) is 0. The van der Waals surface area contributed by atoms with Gasteiger partial charge >= 0.3 is 0 Å². The van der Waals surface area contributed by atoms with E-state index in [0.717, 1.165) is 43.4 Å². The van der Waals surface area contributed by atoms with E-state index in [4.69, 9.17) is 0 Å². The number of hydrogen-bond donors (Lipinski definition) is 2. The third kappa shape index (κ3) is 4.09. The first-order chi connectivity index (χ1) is 11.6. The van der Waals surface area contributed by atoms with E-state index >= 15 is 0 Å². The summed E-state index contributed by atoms with van der Waals surface area (Å²) in [6.07, 6.45) is 5.97. The topological polar surface area (TPSA) is 58.2 Å². The Hall–Kier alpha value is -1.56. The van der Waals surface area contributed by atoms with E-state index in [2.05, 4.69) is 10.6 Å². The molecule has 1 fully saturated rings. The van der Waals surface area contributed by atoms with Crippen molar-refractivity contribution in [2.24, 2.45) is 5.92 Å². The Kier molecular flexibility index (Phi) is 5.76. The van der Waals surface area contributed by atoms with Gasteiger partial charge in [-0.05, 0) is 30.9 Å². The predicted molar refractivity (Wildman–Crippen MR) is 92.2 cm³/mol. The number of nitrogens with one attached hydrogen (secondary N) is 2. The third-order valence-corrected chi connectivity index (χ3v) is 5.92. The summed E-state index contributed by atoms with van der Waals surface area (Å²) in [5.41, 5.74) is 0.832. The molecule has 2 aliphatic rings. The van der Waals surface area contributed by atoms with Gasteiger partial charge in [0.2, 0.25) is 11.8 Å². The fraction of sp³-hybridized carbons (Fsp3) is 0.556. The van der Waals surface area contributed by atoms with Gasteiger partial charge in [0.05, 0.1) is 12.6 Å². The van der Waals surface area contributed by atoms with Crippen molar-refractivity contribution in [3.05, 3.63) is 29.6 Å². The maximum absolute atomic E-state index is 13.9. The highest BCUT2D eigenvalue weighted by Crippen LogP contribution is 2.37. The van der Waals surface area contributed by atoms with Gasteiger partial charge in [0.1, 0.15) is 5.82 Å². The van der Waals surface area contributed by atoms with Crippen LogP contribution in [-0.4, -0.2) is 24.1 Å². The molecule has 0 bridgehead atoms. The highest BCUT2D eigenvalue weighted by Gasteiger charge is 2.25. The minimum atomic E-state index is -0.234. The van der Waals surface area contributed by atoms with Crippen molar-refractivity contribution in [2.75, 3.05) is 12.3 Å². The smallest absolute Gasteiger partial charge is 0.239 e. The summed E-state index contributed by atoms with van der Waals surface area (Å²) in [6.45, 7) is -0.0103. The van der Waals surface area contributed by atoms with Crippen LogP contribution in [-0.2, 0) is 9.59 Å². The Labute approximate surface area is 146 Å². The van der Waals surface area contributed by atoms with Crippen molar-refractivity contribution in [3.8, 4) is 0 Å². The average Bonchev–Trinajstić information content (AvgIpc) is 2.61. The van der Waals surface area contributed by atoms with Crippen LogP contribution >= 0.6 is 11.8 Å². The molecule has 4 nitrogen and oxygen atoms in total. The van der Waals surface area contributed by atoms with Crippen molar-refractivity contribution < 1.29 is 14.0 Å². The SMILES string of the molecule is O=C(CNC(=O)C1CCCCC1)N[C@H]1CCSc2c(F)cccc21. The van der Waals surface area contributed by atoms with Crippen LogP contribution in [0.15, 0.2) is 23.1 Å². The quantitative estimate of drug-likeness (QED) is 0.877. The van der Waals surface area contributed by atoms with Gasteiger partial charge in [-0.15, -0.1) is 11.8 Å². The molecule has 1 aromatic carbocycles. The fourth-order valence-electron chi connectivity index (χ4n) is 3.46. The monoisotopic (exact) mass is 350 g/mol. The first kappa shape index (κ1) is 17.3. The zero-order valence-electron chi connectivity index (χ0n) is 13.6. The van der Waals surface area contributed by atoms with Gasteiger partial charge in [0, 0.05) is 16.6 Å². The highest BCUT2D eigenvalue weighted by atomic mass is 32.2. The Morgan fingerprint density at radius 3 is 2.75 bits per heavy atom. The molecular formula is C18H23FN2O2S. The summed E-state index contributed by atoms with van der Waals surface area (Å²) in [4.78, 5) is 24.9. The third-order valence-electron chi connectivity index (χ3n) is 4.76. The number of carbonyl (C=O) groups is 2. The van der Waals surface area contributed by atoms with E-state index in [1.807, 2.05) is 6.07 Å². The number of carbonyl (C=O) groups excluding carboxylic acids is 2. The van der Waals surface area contributed by atoms with Gasteiger partial charge in [-0.1, -0.05) is 31.4 Å². The largest absolute Gasteiger partial charge is 0.348 e. The summed E-state index contributed by atoms with van der Waals surface area (Å²) in [5.74, 6) is 0.351. The summed E-state index contributed by atoms with van der Waals surface area (Å²) in [6, 6.07) is 4.79. The minimum absolute atomic E-state index is 0.0103. The Balaban J connectivity index is 1.52. The molecule has 6 heteroatoms. The van der Waals surface area contributed by atoms with Crippen LogP contribution < -0.4 is 10.6 Å². The lowest BCUT2D eigenvalue weighted by molar-refractivity contribution is -0.129. The number of thioether (sulfide) groups is 1. The second kappa shape index (κ2) is 8.01. The molecule has 0 spiro atoms. The summed E-state index contributed by atoms with van der Waals surface area (Å²) >= 11 is 1.49. The molecule has 1 atom stereocenters. The number of halogens is 1. The lowest BCUT2D eigenvalue weighted by atomic mass is 9.89. The normalized spacial score (nSPS) is 21.0. The minimum Gasteiger partial charge on any atom is -0.348 e. The molecule has 1 aromatic rings. The van der Waals surface area contributed by atoms with Crippen molar-refractivity contribution in [1.82, 2.24) is 10.6 Å². The maximum atomic E-state index is 13.9. The number of rotatable bonds is 4. The highest BCUT2D eigenvalue weighted by molar-refractivity contribution is 7.99. The van der Waals surface area contributed by atoms with Crippen LogP contribution in [0.1, 0.15) is 50.1 Å². The van der Waals surface area contributed by atoms with E-state index in [9.17, 15) is 14.0 Å². The molecule has 0 radical (unpaired) electrons. The zero-order chi connectivity index (χ0) is 16.9. The van der Waals surface area contributed by atoms with E-state index in [1.165, 1.54) is 24.2 Å². The Bertz CT molecular complexity index is 617. The zero-order valence-corrected chi connectivity index (χ0v) is 14.5. The molecule has 24 heavy (non-hydrogen) atoms. The van der Waals surface area contributed by atoms with Crippen LogP contribution in [0.2, 0.25) is 0 Å². The molecule has 130 valence electrons. The maximum Gasteiger partial charge on any atom is 0.239 e. The van der Waals surface area contributed by atoms with Gasteiger partial charge < -0.3 is 10.6 Å². The molecule has 1 heterocycles. The predicted octanol–water partition coefficient (Wildman–Crippen LogP) is 3.18. The molecule has 1 saturated carbocycles. The van der Waals surface area contributed by atoms with Crippen molar-refractivity contribution in [2.45, 2.75) is 49.5 Å². The number of amides is 2. The molecule has 2 amide bonds. The standard InChI is InChI=1S/C18H23FN2O2S/c19-14-8-4-7-13-15(9-10-24-17(13)14)21-16(22)11-20-18(23)12-5-2-1-3-6-12/h4,7-8,12,15H,1-3,5-6,9-11H2,(H,20,23)(H,21,22)/t15-/m0/s1. The van der Waals surface area contributed by atoms with Crippen molar-refractivity contribution in [3.63, 3.8) is 0 Å². The molecule has 0 aromatic heterocycles. The van der Waals surface area contributed by atoms with Gasteiger partial charge in [-0.2, -0.15) is 0 Å². The Morgan fingerprint density at radius 2 is 1.96 bits per heavy atom. The molecule has 1 aliphatic heterocycles. The van der Waals surface area contributed by atoms with E-state index in [0.29, 0.717) is 4.90 Å². The van der Waals surface area contributed by atoms with Crippen LogP contribution in [0.25, 0.3) is 0 Å². The second-order valence-corrected chi connectivity index (χ2v) is 7.57. The molecule has 3 rings (SSSR count). The van der Waals surface area contributed by atoms with Crippen LogP contribution in [0, 0.1) is 11.7 Å². The summed E-state index contributed by atoms with van der Waals surface area (Å²) < 4.78 is 13.9. The van der Waals surface area contributed by atoms with Crippen LogP contribution in [0.5, 0.6) is 0 Å². The number of benzene rings is 1. The van der Waals surface area contributed by atoms with E-state index in [-0.39, 0.29) is 36.1 Å². The van der Waals surface area contributed by atoms with Crippen LogP contribution in [0.4, 0.5) is 4.39 Å². The molecule has 0 saturated heterocycles. The molecular weight excluding hydrogens is 327 g/mol.